The van der Waals surface area contributed by atoms with Crippen LogP contribution in [0.4, 0.5) is 5.69 Å². The van der Waals surface area contributed by atoms with Gasteiger partial charge >= 0.3 is 0 Å². The summed E-state index contributed by atoms with van der Waals surface area (Å²) in [6.07, 6.45) is 0. The van der Waals surface area contributed by atoms with E-state index in [1.54, 1.807) is 30.3 Å². The maximum absolute atomic E-state index is 12.2. The van der Waals surface area contributed by atoms with Crippen LogP contribution >= 0.6 is 11.6 Å². The SMILES string of the molecule is COc1ccccc1C(=O)Nc1ccc(C(N)=O)c(Cl)c1. The van der Waals surface area contributed by atoms with Crippen LogP contribution in [0.5, 0.6) is 5.75 Å². The van der Waals surface area contributed by atoms with Crippen molar-refractivity contribution in [3.8, 4) is 5.75 Å². The van der Waals surface area contributed by atoms with Crippen LogP contribution in [0.3, 0.4) is 0 Å². The van der Waals surface area contributed by atoms with Crippen molar-refractivity contribution >= 4 is 29.1 Å². The summed E-state index contributed by atoms with van der Waals surface area (Å²) in [5, 5.41) is 2.87. The van der Waals surface area contributed by atoms with Crippen LogP contribution in [-0.4, -0.2) is 18.9 Å². The molecule has 2 rings (SSSR count). The lowest BCUT2D eigenvalue weighted by molar-refractivity contribution is 0.0998. The van der Waals surface area contributed by atoms with E-state index in [0.717, 1.165) is 0 Å². The van der Waals surface area contributed by atoms with Gasteiger partial charge in [-0.15, -0.1) is 0 Å². The summed E-state index contributed by atoms with van der Waals surface area (Å²) in [5.74, 6) is -0.493. The van der Waals surface area contributed by atoms with Gasteiger partial charge in [0, 0.05) is 5.69 Å². The fraction of sp³-hybridized carbons (Fsp3) is 0.0667. The molecule has 0 atom stereocenters. The van der Waals surface area contributed by atoms with E-state index in [4.69, 9.17) is 22.1 Å². The average Bonchev–Trinajstić information content (AvgIpc) is 2.46. The third kappa shape index (κ3) is 3.32. The highest BCUT2D eigenvalue weighted by atomic mass is 35.5. The normalized spacial score (nSPS) is 10.0. The molecule has 0 aliphatic carbocycles. The molecule has 0 aromatic heterocycles. The fourth-order valence-corrected chi connectivity index (χ4v) is 2.10. The number of nitrogens with two attached hydrogens (primary N) is 1. The Morgan fingerprint density at radius 1 is 1.14 bits per heavy atom. The third-order valence-corrected chi connectivity index (χ3v) is 3.16. The molecule has 0 fully saturated rings. The second-order valence-corrected chi connectivity index (χ2v) is 4.62. The Balaban J connectivity index is 2.24. The average molecular weight is 305 g/mol. The van der Waals surface area contributed by atoms with Gasteiger partial charge in [0.15, 0.2) is 0 Å². The first-order valence-electron chi connectivity index (χ1n) is 6.06. The lowest BCUT2D eigenvalue weighted by Gasteiger charge is -2.10. The summed E-state index contributed by atoms with van der Waals surface area (Å²) in [6, 6.07) is 11.3. The molecule has 0 spiro atoms. The van der Waals surface area contributed by atoms with E-state index in [1.807, 2.05) is 0 Å². The summed E-state index contributed by atoms with van der Waals surface area (Å²) >= 11 is 5.94. The van der Waals surface area contributed by atoms with Gasteiger partial charge in [-0.2, -0.15) is 0 Å². The molecule has 0 aliphatic rings. The lowest BCUT2D eigenvalue weighted by Crippen LogP contribution is -2.14. The van der Waals surface area contributed by atoms with Crippen molar-refractivity contribution in [3.05, 3.63) is 58.6 Å². The number of primary amides is 1. The summed E-state index contributed by atoms with van der Waals surface area (Å²) < 4.78 is 5.13. The van der Waals surface area contributed by atoms with Gasteiger partial charge in [0.2, 0.25) is 5.91 Å². The molecule has 0 radical (unpaired) electrons. The largest absolute Gasteiger partial charge is 0.496 e. The Morgan fingerprint density at radius 3 is 2.48 bits per heavy atom. The number of benzene rings is 2. The van der Waals surface area contributed by atoms with Crippen molar-refractivity contribution < 1.29 is 14.3 Å². The Labute approximate surface area is 126 Å². The van der Waals surface area contributed by atoms with Gasteiger partial charge in [0.1, 0.15) is 5.75 Å². The first-order chi connectivity index (χ1) is 10.0. The lowest BCUT2D eigenvalue weighted by atomic mass is 10.1. The van der Waals surface area contributed by atoms with Crippen LogP contribution in [-0.2, 0) is 0 Å². The van der Waals surface area contributed by atoms with E-state index in [-0.39, 0.29) is 16.5 Å². The summed E-state index contributed by atoms with van der Waals surface area (Å²) in [5.41, 5.74) is 6.23. The van der Waals surface area contributed by atoms with Crippen LogP contribution in [0.25, 0.3) is 0 Å². The van der Waals surface area contributed by atoms with E-state index < -0.39 is 5.91 Å². The zero-order valence-electron chi connectivity index (χ0n) is 11.2. The Bertz CT molecular complexity index is 701. The third-order valence-electron chi connectivity index (χ3n) is 2.84. The van der Waals surface area contributed by atoms with Crippen molar-refractivity contribution in [1.82, 2.24) is 0 Å². The molecule has 0 saturated carbocycles. The van der Waals surface area contributed by atoms with Crippen molar-refractivity contribution in [2.45, 2.75) is 0 Å². The molecule has 0 bridgehead atoms. The molecule has 5 nitrogen and oxygen atoms in total. The number of methoxy groups -OCH3 is 1. The monoisotopic (exact) mass is 304 g/mol. The highest BCUT2D eigenvalue weighted by Crippen LogP contribution is 2.23. The maximum Gasteiger partial charge on any atom is 0.259 e. The molecule has 3 N–H and O–H groups in total. The molecule has 0 saturated heterocycles. The number of rotatable bonds is 4. The van der Waals surface area contributed by atoms with E-state index >= 15 is 0 Å². The van der Waals surface area contributed by atoms with Crippen LogP contribution < -0.4 is 15.8 Å². The molecule has 2 aromatic rings. The molecule has 6 heteroatoms. The van der Waals surface area contributed by atoms with Gasteiger partial charge in [-0.3, -0.25) is 9.59 Å². The van der Waals surface area contributed by atoms with Crippen molar-refractivity contribution in [3.63, 3.8) is 0 Å². The van der Waals surface area contributed by atoms with Crippen LogP contribution in [0.1, 0.15) is 20.7 Å². The standard InChI is InChI=1S/C15H13ClN2O3/c1-21-13-5-3-2-4-11(13)15(20)18-9-6-7-10(14(17)19)12(16)8-9/h2-8H,1H3,(H2,17,19)(H,18,20). The number of carbonyl (C=O) groups excluding carboxylic acids is 2. The highest BCUT2D eigenvalue weighted by molar-refractivity contribution is 6.34. The molecule has 0 unspecified atom stereocenters. The molecule has 0 aliphatic heterocycles. The van der Waals surface area contributed by atoms with E-state index in [2.05, 4.69) is 5.32 Å². The molecule has 2 amide bonds. The van der Waals surface area contributed by atoms with E-state index in [9.17, 15) is 9.59 Å². The molecular formula is C15H13ClN2O3. The fourth-order valence-electron chi connectivity index (χ4n) is 1.82. The van der Waals surface area contributed by atoms with Crippen LogP contribution in [0.15, 0.2) is 42.5 Å². The van der Waals surface area contributed by atoms with E-state index in [0.29, 0.717) is 17.0 Å². The first kappa shape index (κ1) is 14.9. The van der Waals surface area contributed by atoms with Gasteiger partial charge in [0.25, 0.3) is 5.91 Å². The number of anilines is 1. The minimum atomic E-state index is -0.623. The van der Waals surface area contributed by atoms with Crippen molar-refractivity contribution in [2.75, 3.05) is 12.4 Å². The summed E-state index contributed by atoms with van der Waals surface area (Å²) in [6.45, 7) is 0. The van der Waals surface area contributed by atoms with Crippen molar-refractivity contribution in [2.24, 2.45) is 5.73 Å². The number of hydrogen-bond acceptors (Lipinski definition) is 3. The number of halogens is 1. The Morgan fingerprint density at radius 2 is 1.86 bits per heavy atom. The van der Waals surface area contributed by atoms with E-state index in [1.165, 1.54) is 19.2 Å². The Hall–Kier alpha value is -2.53. The molecule has 0 heterocycles. The van der Waals surface area contributed by atoms with Gasteiger partial charge in [-0.1, -0.05) is 23.7 Å². The highest BCUT2D eigenvalue weighted by Gasteiger charge is 2.13. The zero-order chi connectivity index (χ0) is 15.4. The number of amides is 2. The number of hydrogen-bond donors (Lipinski definition) is 2. The smallest absolute Gasteiger partial charge is 0.259 e. The molecule has 2 aromatic carbocycles. The predicted molar refractivity (Wildman–Crippen MR) is 80.9 cm³/mol. The zero-order valence-corrected chi connectivity index (χ0v) is 12.0. The van der Waals surface area contributed by atoms with Crippen molar-refractivity contribution in [1.29, 1.82) is 0 Å². The van der Waals surface area contributed by atoms with Gasteiger partial charge in [-0.25, -0.2) is 0 Å². The number of para-hydroxylation sites is 1. The second-order valence-electron chi connectivity index (χ2n) is 4.21. The van der Waals surface area contributed by atoms with Crippen LogP contribution in [0, 0.1) is 0 Å². The number of ether oxygens (including phenoxy) is 1. The van der Waals surface area contributed by atoms with Gasteiger partial charge in [-0.05, 0) is 30.3 Å². The molecule has 108 valence electrons. The molecular weight excluding hydrogens is 292 g/mol. The predicted octanol–water partition coefficient (Wildman–Crippen LogP) is 2.70. The molecule has 21 heavy (non-hydrogen) atoms. The maximum atomic E-state index is 12.2. The summed E-state index contributed by atoms with van der Waals surface area (Å²) in [4.78, 5) is 23.3. The van der Waals surface area contributed by atoms with Gasteiger partial charge < -0.3 is 15.8 Å². The van der Waals surface area contributed by atoms with Gasteiger partial charge in [0.05, 0.1) is 23.3 Å². The summed E-state index contributed by atoms with van der Waals surface area (Å²) in [7, 11) is 1.49. The minimum absolute atomic E-state index is 0.181. The first-order valence-corrected chi connectivity index (χ1v) is 6.44. The quantitative estimate of drug-likeness (QED) is 0.911. The Kier molecular flexibility index (Phi) is 4.45. The second kappa shape index (κ2) is 6.28. The number of carbonyl (C=O) groups is 2. The minimum Gasteiger partial charge on any atom is -0.496 e. The van der Waals surface area contributed by atoms with Crippen LogP contribution in [0.2, 0.25) is 5.02 Å². The number of nitrogens with one attached hydrogen (secondary N) is 1. The topological polar surface area (TPSA) is 81.4 Å².